The van der Waals surface area contributed by atoms with Gasteiger partial charge in [-0.25, -0.2) is 0 Å². The van der Waals surface area contributed by atoms with Crippen molar-refractivity contribution in [3.8, 4) is 0 Å². The van der Waals surface area contributed by atoms with Crippen LogP contribution in [0, 0.1) is 0 Å². The first-order valence-corrected chi connectivity index (χ1v) is 9.22. The van der Waals surface area contributed by atoms with Gasteiger partial charge in [-0.1, -0.05) is 50.2 Å². The van der Waals surface area contributed by atoms with E-state index < -0.39 is 0 Å². The maximum absolute atomic E-state index is 3.62. The molecule has 0 spiro atoms. The number of thioether (sulfide) groups is 1. The Hall–Kier alpha value is -0.770. The summed E-state index contributed by atoms with van der Waals surface area (Å²) in [6, 6.07) is 17.8. The summed E-state index contributed by atoms with van der Waals surface area (Å²) in [5.74, 6) is 1.03. The molecule has 0 saturated heterocycles. The number of hydrogen-bond donors (Lipinski definition) is 1. The average molecular weight is 364 g/mol. The first-order chi connectivity index (χ1) is 10.2. The minimum atomic E-state index is 0.387. The molecule has 0 aliphatic rings. The lowest BCUT2D eigenvalue weighted by molar-refractivity contribution is 0.606. The third-order valence-electron chi connectivity index (χ3n) is 3.48. The summed E-state index contributed by atoms with van der Waals surface area (Å²) in [6.45, 7) is 5.34. The third kappa shape index (κ3) is 4.87. The highest BCUT2D eigenvalue weighted by Gasteiger charge is 2.11. The van der Waals surface area contributed by atoms with Crippen molar-refractivity contribution in [2.75, 3.05) is 12.3 Å². The van der Waals surface area contributed by atoms with Crippen LogP contribution in [-0.2, 0) is 6.42 Å². The normalized spacial score (nSPS) is 12.3. The highest BCUT2D eigenvalue weighted by Crippen LogP contribution is 2.30. The van der Waals surface area contributed by atoms with E-state index in [4.69, 9.17) is 0 Å². The van der Waals surface area contributed by atoms with Gasteiger partial charge in [-0.15, -0.1) is 11.8 Å². The summed E-state index contributed by atoms with van der Waals surface area (Å²) in [5, 5.41) is 3.59. The lowest BCUT2D eigenvalue weighted by Gasteiger charge is -2.18. The van der Waals surface area contributed by atoms with Gasteiger partial charge in [0.15, 0.2) is 0 Å². The summed E-state index contributed by atoms with van der Waals surface area (Å²) in [7, 11) is 0. The molecule has 1 N–H and O–H groups in total. The summed E-state index contributed by atoms with van der Waals surface area (Å²) >= 11 is 5.51. The number of rotatable bonds is 7. The summed E-state index contributed by atoms with van der Waals surface area (Å²) in [5.41, 5.74) is 2.76. The minimum absolute atomic E-state index is 0.387. The molecule has 112 valence electrons. The Labute approximate surface area is 140 Å². The van der Waals surface area contributed by atoms with Crippen LogP contribution in [0.15, 0.2) is 57.9 Å². The molecule has 0 radical (unpaired) electrons. The van der Waals surface area contributed by atoms with Gasteiger partial charge in [-0.2, -0.15) is 0 Å². The van der Waals surface area contributed by atoms with Crippen LogP contribution < -0.4 is 5.32 Å². The minimum Gasteiger partial charge on any atom is -0.309 e. The van der Waals surface area contributed by atoms with E-state index >= 15 is 0 Å². The van der Waals surface area contributed by atoms with Crippen LogP contribution in [0.5, 0.6) is 0 Å². The molecule has 0 aliphatic heterocycles. The van der Waals surface area contributed by atoms with Crippen molar-refractivity contribution in [3.05, 3.63) is 64.1 Å². The van der Waals surface area contributed by atoms with Crippen LogP contribution >= 0.6 is 27.7 Å². The first-order valence-electron chi connectivity index (χ1n) is 7.44. The quantitative estimate of drug-likeness (QED) is 0.655. The summed E-state index contributed by atoms with van der Waals surface area (Å²) in [6.07, 6.45) is 1.10. The zero-order valence-electron chi connectivity index (χ0n) is 12.6. The Morgan fingerprint density at radius 2 is 1.76 bits per heavy atom. The van der Waals surface area contributed by atoms with Gasteiger partial charge in [-0.05, 0) is 52.2 Å². The number of hydrogen-bond acceptors (Lipinski definition) is 2. The molecule has 2 aromatic carbocycles. The van der Waals surface area contributed by atoms with E-state index in [1.165, 1.54) is 20.5 Å². The van der Waals surface area contributed by atoms with E-state index in [1.807, 2.05) is 11.8 Å². The van der Waals surface area contributed by atoms with Crippen molar-refractivity contribution in [1.82, 2.24) is 5.32 Å². The topological polar surface area (TPSA) is 12.0 Å². The van der Waals surface area contributed by atoms with Gasteiger partial charge < -0.3 is 5.32 Å². The fourth-order valence-corrected chi connectivity index (χ4v) is 3.91. The van der Waals surface area contributed by atoms with Gasteiger partial charge in [0.1, 0.15) is 0 Å². The van der Waals surface area contributed by atoms with E-state index in [0.29, 0.717) is 6.04 Å². The molecule has 1 nitrogen and oxygen atoms in total. The van der Waals surface area contributed by atoms with Crippen LogP contribution in [0.2, 0.25) is 0 Å². The fourth-order valence-electron chi connectivity index (χ4n) is 2.24. The van der Waals surface area contributed by atoms with E-state index in [0.717, 1.165) is 18.7 Å². The molecule has 0 aromatic heterocycles. The van der Waals surface area contributed by atoms with E-state index in [1.54, 1.807) is 0 Å². The van der Waals surface area contributed by atoms with Gasteiger partial charge in [0.05, 0.1) is 0 Å². The van der Waals surface area contributed by atoms with E-state index in [2.05, 4.69) is 83.6 Å². The van der Waals surface area contributed by atoms with Crippen molar-refractivity contribution in [3.63, 3.8) is 0 Å². The van der Waals surface area contributed by atoms with Crippen LogP contribution in [0.4, 0.5) is 0 Å². The predicted molar refractivity (Wildman–Crippen MR) is 97.1 cm³/mol. The molecule has 0 aliphatic carbocycles. The van der Waals surface area contributed by atoms with Gasteiger partial charge in [0, 0.05) is 21.2 Å². The Balaban J connectivity index is 2.06. The molecule has 0 fully saturated rings. The van der Waals surface area contributed by atoms with Crippen molar-refractivity contribution < 1.29 is 0 Å². The predicted octanol–water partition coefficient (Wildman–Crippen LogP) is 5.45. The number of aryl methyl sites for hydroxylation is 1. The molecule has 21 heavy (non-hydrogen) atoms. The molecule has 0 saturated carbocycles. The maximum atomic E-state index is 3.62. The molecule has 2 aromatic rings. The van der Waals surface area contributed by atoms with Gasteiger partial charge >= 0.3 is 0 Å². The van der Waals surface area contributed by atoms with Gasteiger partial charge in [-0.3, -0.25) is 0 Å². The maximum Gasteiger partial charge on any atom is 0.0415 e. The zero-order valence-corrected chi connectivity index (χ0v) is 15.0. The van der Waals surface area contributed by atoms with Crippen LogP contribution in [0.1, 0.15) is 31.0 Å². The Morgan fingerprint density at radius 3 is 2.38 bits per heavy atom. The van der Waals surface area contributed by atoms with Crippen molar-refractivity contribution in [2.45, 2.75) is 31.2 Å². The lowest BCUT2D eigenvalue weighted by Crippen LogP contribution is -2.22. The second kappa shape index (κ2) is 8.62. The standard InChI is InChI=1S/C18H22BrNS/c1-3-14-9-11-15(12-10-14)17(20-4-2)13-21-18-8-6-5-7-16(18)19/h5-12,17,20H,3-4,13H2,1-2H3. The highest BCUT2D eigenvalue weighted by atomic mass is 79.9. The second-order valence-electron chi connectivity index (χ2n) is 4.95. The zero-order chi connectivity index (χ0) is 15.1. The van der Waals surface area contributed by atoms with Crippen LogP contribution in [0.25, 0.3) is 0 Å². The Bertz CT molecular complexity index is 553. The molecular formula is C18H22BrNS. The van der Waals surface area contributed by atoms with Crippen molar-refractivity contribution >= 4 is 27.7 Å². The number of halogens is 1. The van der Waals surface area contributed by atoms with E-state index in [-0.39, 0.29) is 0 Å². The van der Waals surface area contributed by atoms with Crippen molar-refractivity contribution in [2.24, 2.45) is 0 Å². The molecule has 1 unspecified atom stereocenters. The Kier molecular flexibility index (Phi) is 6.81. The summed E-state index contributed by atoms with van der Waals surface area (Å²) < 4.78 is 1.17. The van der Waals surface area contributed by atoms with Gasteiger partial charge in [0.2, 0.25) is 0 Å². The van der Waals surface area contributed by atoms with Gasteiger partial charge in [0.25, 0.3) is 0 Å². The third-order valence-corrected chi connectivity index (χ3v) is 5.60. The number of benzene rings is 2. The Morgan fingerprint density at radius 1 is 1.05 bits per heavy atom. The largest absolute Gasteiger partial charge is 0.309 e. The van der Waals surface area contributed by atoms with E-state index in [9.17, 15) is 0 Å². The molecule has 0 amide bonds. The first kappa shape index (κ1) is 16.6. The molecule has 1 atom stereocenters. The average Bonchev–Trinajstić information content (AvgIpc) is 2.53. The highest BCUT2D eigenvalue weighted by molar-refractivity contribution is 9.10. The smallest absolute Gasteiger partial charge is 0.0415 e. The van der Waals surface area contributed by atoms with Crippen molar-refractivity contribution in [1.29, 1.82) is 0 Å². The monoisotopic (exact) mass is 363 g/mol. The second-order valence-corrected chi connectivity index (χ2v) is 6.86. The molecule has 0 heterocycles. The van der Waals surface area contributed by atoms with Crippen LogP contribution in [-0.4, -0.2) is 12.3 Å². The molecule has 3 heteroatoms. The number of nitrogens with one attached hydrogen (secondary N) is 1. The molecular weight excluding hydrogens is 342 g/mol. The van der Waals surface area contributed by atoms with Crippen LogP contribution in [0.3, 0.4) is 0 Å². The molecule has 2 rings (SSSR count). The lowest BCUT2D eigenvalue weighted by atomic mass is 10.1. The molecule has 0 bridgehead atoms. The SMILES string of the molecule is CCNC(CSc1ccccc1Br)c1ccc(CC)cc1. The summed E-state index contributed by atoms with van der Waals surface area (Å²) in [4.78, 5) is 1.30. The fraction of sp³-hybridized carbons (Fsp3) is 0.333.